The summed E-state index contributed by atoms with van der Waals surface area (Å²) >= 11 is 0. The van der Waals surface area contributed by atoms with E-state index in [1.54, 1.807) is 18.2 Å². The van der Waals surface area contributed by atoms with Crippen molar-refractivity contribution in [2.45, 2.75) is 58.2 Å². The number of carbonyl (C=O) groups is 5. The van der Waals surface area contributed by atoms with Gasteiger partial charge in [0.05, 0.1) is 0 Å². The van der Waals surface area contributed by atoms with E-state index >= 15 is 0 Å². The highest BCUT2D eigenvalue weighted by atomic mass is 16.7. The molecule has 0 amide bonds. The van der Waals surface area contributed by atoms with Crippen molar-refractivity contribution >= 4 is 30.2 Å². The Kier molecular flexibility index (Phi) is 8.26. The number of hydrogen-bond acceptors (Lipinski definition) is 10. The normalized spacial score (nSPS) is 25.1. The standard InChI is InChI=1S/C21H24O10/c1-11(23)27-10-17-19(28-12(2)24)21(30-14(4)26)20(29-13(3)25)18(31-17)16-8-6-5-7-15(16)9-22/h5-9,17-21H,10H2,1-4H3/t17-,18-,19-,20+,21+/m1/s1. The van der Waals surface area contributed by atoms with Crippen LogP contribution in [0.25, 0.3) is 0 Å². The second-order valence-electron chi connectivity index (χ2n) is 6.87. The zero-order chi connectivity index (χ0) is 23.1. The lowest BCUT2D eigenvalue weighted by molar-refractivity contribution is -0.254. The first kappa shape index (κ1) is 24.0. The molecule has 1 aromatic carbocycles. The van der Waals surface area contributed by atoms with Gasteiger partial charge < -0.3 is 23.7 Å². The monoisotopic (exact) mass is 436 g/mol. The highest BCUT2D eigenvalue weighted by molar-refractivity contribution is 5.77. The summed E-state index contributed by atoms with van der Waals surface area (Å²) < 4.78 is 27.1. The minimum absolute atomic E-state index is 0.253. The van der Waals surface area contributed by atoms with Crippen molar-refractivity contribution in [2.75, 3.05) is 6.61 Å². The summed E-state index contributed by atoms with van der Waals surface area (Å²) in [5, 5.41) is 0. The molecule has 0 unspecified atom stereocenters. The molecule has 10 nitrogen and oxygen atoms in total. The van der Waals surface area contributed by atoms with E-state index < -0.39 is 54.4 Å². The number of carbonyl (C=O) groups excluding carboxylic acids is 5. The molecule has 1 heterocycles. The number of esters is 4. The molecule has 0 bridgehead atoms. The fourth-order valence-electron chi connectivity index (χ4n) is 3.36. The predicted octanol–water partition coefficient (Wildman–Crippen LogP) is 1.30. The summed E-state index contributed by atoms with van der Waals surface area (Å²) in [5.41, 5.74) is 0.610. The number of rotatable bonds is 7. The molecule has 168 valence electrons. The summed E-state index contributed by atoms with van der Waals surface area (Å²) in [5.74, 6) is -2.76. The second kappa shape index (κ2) is 10.7. The van der Waals surface area contributed by atoms with Crippen molar-refractivity contribution in [2.24, 2.45) is 0 Å². The van der Waals surface area contributed by atoms with Crippen LogP contribution in [0.4, 0.5) is 0 Å². The van der Waals surface area contributed by atoms with Gasteiger partial charge in [-0.05, 0) is 5.56 Å². The molecule has 1 aliphatic rings. The van der Waals surface area contributed by atoms with Gasteiger partial charge in [-0.3, -0.25) is 24.0 Å². The zero-order valence-corrected chi connectivity index (χ0v) is 17.6. The van der Waals surface area contributed by atoms with Gasteiger partial charge >= 0.3 is 23.9 Å². The van der Waals surface area contributed by atoms with Crippen molar-refractivity contribution in [1.82, 2.24) is 0 Å². The van der Waals surface area contributed by atoms with Gasteiger partial charge in [0, 0.05) is 33.3 Å². The van der Waals surface area contributed by atoms with Gasteiger partial charge in [-0.1, -0.05) is 24.3 Å². The molecular weight excluding hydrogens is 412 g/mol. The van der Waals surface area contributed by atoms with Crippen LogP contribution in [-0.2, 0) is 42.9 Å². The average molecular weight is 436 g/mol. The SMILES string of the molecule is CC(=O)OC[C@H]1O[C@H](c2ccccc2C=O)[C@H](OC(C)=O)[C@@H](OC(C)=O)[C@@H]1OC(C)=O. The van der Waals surface area contributed by atoms with E-state index in [0.29, 0.717) is 11.8 Å². The third kappa shape index (κ3) is 6.35. The maximum Gasteiger partial charge on any atom is 0.303 e. The van der Waals surface area contributed by atoms with Crippen LogP contribution in [0.3, 0.4) is 0 Å². The highest BCUT2D eigenvalue weighted by Crippen LogP contribution is 2.38. The number of aldehydes is 1. The van der Waals surface area contributed by atoms with Gasteiger partial charge in [0.2, 0.25) is 0 Å². The zero-order valence-electron chi connectivity index (χ0n) is 17.6. The van der Waals surface area contributed by atoms with E-state index in [-0.39, 0.29) is 12.2 Å². The fourth-order valence-corrected chi connectivity index (χ4v) is 3.36. The Labute approximate surface area is 178 Å². The van der Waals surface area contributed by atoms with Crippen molar-refractivity contribution in [1.29, 1.82) is 0 Å². The van der Waals surface area contributed by atoms with E-state index in [2.05, 4.69) is 0 Å². The lowest BCUT2D eigenvalue weighted by Gasteiger charge is -2.44. The van der Waals surface area contributed by atoms with Gasteiger partial charge in [0.25, 0.3) is 0 Å². The van der Waals surface area contributed by atoms with Crippen molar-refractivity contribution < 1.29 is 47.7 Å². The largest absolute Gasteiger partial charge is 0.463 e. The Bertz CT molecular complexity index is 848. The fraction of sp³-hybridized carbons (Fsp3) is 0.476. The second-order valence-corrected chi connectivity index (χ2v) is 6.87. The van der Waals surface area contributed by atoms with Crippen LogP contribution >= 0.6 is 0 Å². The molecule has 1 fully saturated rings. The molecule has 2 rings (SSSR count). The van der Waals surface area contributed by atoms with E-state index in [9.17, 15) is 24.0 Å². The highest BCUT2D eigenvalue weighted by Gasteiger charge is 2.52. The molecule has 0 saturated carbocycles. The van der Waals surface area contributed by atoms with Crippen LogP contribution in [-0.4, -0.2) is 61.2 Å². The van der Waals surface area contributed by atoms with Gasteiger partial charge in [-0.15, -0.1) is 0 Å². The molecule has 1 saturated heterocycles. The predicted molar refractivity (Wildman–Crippen MR) is 103 cm³/mol. The minimum atomic E-state index is -1.29. The molecule has 5 atom stereocenters. The summed E-state index contributed by atoms with van der Waals surface area (Å²) in [4.78, 5) is 58.3. The van der Waals surface area contributed by atoms with E-state index in [1.165, 1.54) is 13.0 Å². The minimum Gasteiger partial charge on any atom is -0.463 e. The first-order valence-electron chi connectivity index (χ1n) is 9.48. The Hall–Kier alpha value is -3.27. The molecule has 0 aliphatic carbocycles. The smallest absolute Gasteiger partial charge is 0.303 e. The molecular formula is C21H24O10. The molecule has 10 heteroatoms. The molecule has 0 N–H and O–H groups in total. The van der Waals surface area contributed by atoms with Crippen molar-refractivity contribution in [3.05, 3.63) is 35.4 Å². The molecule has 0 spiro atoms. The third-order valence-corrected chi connectivity index (χ3v) is 4.42. The molecule has 31 heavy (non-hydrogen) atoms. The maximum absolute atomic E-state index is 11.8. The van der Waals surface area contributed by atoms with Crippen LogP contribution in [0.1, 0.15) is 49.7 Å². The summed E-state index contributed by atoms with van der Waals surface area (Å²) in [6.07, 6.45) is -5.34. The lowest BCUT2D eigenvalue weighted by atomic mass is 9.88. The first-order chi connectivity index (χ1) is 14.6. The number of ether oxygens (including phenoxy) is 5. The summed E-state index contributed by atoms with van der Waals surface area (Å²) in [7, 11) is 0. The quantitative estimate of drug-likeness (QED) is 0.350. The Morgan fingerprint density at radius 1 is 0.839 bits per heavy atom. The van der Waals surface area contributed by atoms with Gasteiger partial charge in [-0.2, -0.15) is 0 Å². The lowest BCUT2D eigenvalue weighted by Crippen LogP contribution is -2.59. The molecule has 0 radical (unpaired) electrons. The van der Waals surface area contributed by atoms with Crippen LogP contribution < -0.4 is 0 Å². The molecule has 1 aromatic rings. The third-order valence-electron chi connectivity index (χ3n) is 4.42. The summed E-state index contributed by atoms with van der Waals surface area (Å²) in [6.45, 7) is 4.29. The van der Waals surface area contributed by atoms with Gasteiger partial charge in [-0.25, -0.2) is 0 Å². The van der Waals surface area contributed by atoms with Crippen LogP contribution in [0, 0.1) is 0 Å². The number of benzene rings is 1. The van der Waals surface area contributed by atoms with Gasteiger partial charge in [0.1, 0.15) is 25.1 Å². The Balaban J connectivity index is 2.59. The van der Waals surface area contributed by atoms with E-state index in [0.717, 1.165) is 20.8 Å². The first-order valence-corrected chi connectivity index (χ1v) is 9.48. The van der Waals surface area contributed by atoms with Crippen molar-refractivity contribution in [3.63, 3.8) is 0 Å². The Morgan fingerprint density at radius 3 is 1.94 bits per heavy atom. The average Bonchev–Trinajstić information content (AvgIpc) is 2.68. The van der Waals surface area contributed by atoms with Crippen molar-refractivity contribution in [3.8, 4) is 0 Å². The van der Waals surface area contributed by atoms with Crippen LogP contribution in [0.15, 0.2) is 24.3 Å². The summed E-state index contributed by atoms with van der Waals surface area (Å²) in [6, 6.07) is 6.41. The molecule has 0 aromatic heterocycles. The topological polar surface area (TPSA) is 132 Å². The van der Waals surface area contributed by atoms with E-state index in [1.807, 2.05) is 0 Å². The van der Waals surface area contributed by atoms with Crippen LogP contribution in [0.2, 0.25) is 0 Å². The van der Waals surface area contributed by atoms with Gasteiger partial charge in [0.15, 0.2) is 18.3 Å². The molecule has 1 aliphatic heterocycles. The Morgan fingerprint density at radius 2 is 1.39 bits per heavy atom. The van der Waals surface area contributed by atoms with Crippen LogP contribution in [0.5, 0.6) is 0 Å². The van der Waals surface area contributed by atoms with E-state index in [4.69, 9.17) is 23.7 Å². The number of hydrogen-bond donors (Lipinski definition) is 0. The maximum atomic E-state index is 11.8.